The molecule has 0 spiro atoms. The lowest BCUT2D eigenvalue weighted by Gasteiger charge is -2.00. The Balaban J connectivity index is 2.52. The molecule has 1 rings (SSSR count). The molecule has 0 amide bonds. The zero-order valence-corrected chi connectivity index (χ0v) is 6.55. The van der Waals surface area contributed by atoms with Crippen molar-refractivity contribution in [1.29, 1.82) is 0 Å². The van der Waals surface area contributed by atoms with Gasteiger partial charge in [-0.2, -0.15) is 8.78 Å². The normalized spacial score (nSPS) is 10.7. The number of alkyl halides is 2. The maximum Gasteiger partial charge on any atom is 0.345 e. The zero-order valence-electron chi connectivity index (χ0n) is 5.80. The van der Waals surface area contributed by atoms with Crippen molar-refractivity contribution in [2.24, 2.45) is 0 Å². The van der Waals surface area contributed by atoms with E-state index >= 15 is 0 Å². The number of nitrogens with zero attached hydrogens (tertiary/aromatic N) is 2. The molecule has 1 heterocycles. The summed E-state index contributed by atoms with van der Waals surface area (Å²) in [7, 11) is 0. The molecule has 6 heteroatoms. The topological polar surface area (TPSA) is 35.0 Å². The van der Waals surface area contributed by atoms with Crippen LogP contribution in [0.4, 0.5) is 8.78 Å². The number of hydrogen-bond acceptors (Lipinski definition) is 3. The molecule has 12 heavy (non-hydrogen) atoms. The van der Waals surface area contributed by atoms with E-state index in [0.717, 1.165) is 0 Å². The minimum atomic E-state index is -2.82. The summed E-state index contributed by atoms with van der Waals surface area (Å²) < 4.78 is 27.0. The van der Waals surface area contributed by atoms with Gasteiger partial charge in [0.1, 0.15) is 11.8 Å². The van der Waals surface area contributed by atoms with Crippen LogP contribution < -0.4 is 0 Å². The van der Waals surface area contributed by atoms with Gasteiger partial charge in [-0.3, -0.25) is 0 Å². The van der Waals surface area contributed by atoms with E-state index in [9.17, 15) is 8.78 Å². The standard InChI is InChI=1S/C6H4ClF2N2O/c7-4-1-2-10-5(11-4)3-12-6(8)9/h2,6H,3H2. The number of halogens is 3. The lowest BCUT2D eigenvalue weighted by Crippen LogP contribution is -2.02. The van der Waals surface area contributed by atoms with Crippen LogP contribution in [0.3, 0.4) is 0 Å². The summed E-state index contributed by atoms with van der Waals surface area (Å²) in [5, 5.41) is 0.0814. The van der Waals surface area contributed by atoms with Crippen LogP contribution in [0.2, 0.25) is 5.15 Å². The Labute approximate surface area is 72.3 Å². The first kappa shape index (κ1) is 9.28. The lowest BCUT2D eigenvalue weighted by atomic mass is 10.6. The smallest absolute Gasteiger partial charge is 0.315 e. The molecular weight excluding hydrogens is 190 g/mol. The SMILES string of the molecule is FC(F)OCc1nc[c]c(Cl)n1. The highest BCUT2D eigenvalue weighted by atomic mass is 35.5. The van der Waals surface area contributed by atoms with Crippen molar-refractivity contribution in [3.05, 3.63) is 23.2 Å². The van der Waals surface area contributed by atoms with Crippen molar-refractivity contribution in [1.82, 2.24) is 9.97 Å². The molecule has 3 nitrogen and oxygen atoms in total. The number of ether oxygens (including phenoxy) is 1. The van der Waals surface area contributed by atoms with Crippen molar-refractivity contribution in [2.75, 3.05) is 0 Å². The Kier molecular flexibility index (Phi) is 3.31. The van der Waals surface area contributed by atoms with E-state index in [1.807, 2.05) is 0 Å². The Bertz CT molecular complexity index is 259. The summed E-state index contributed by atoms with van der Waals surface area (Å²) in [6.07, 6.45) is 1.25. The fourth-order valence-corrected chi connectivity index (χ4v) is 0.688. The maximum atomic E-state index is 11.5. The van der Waals surface area contributed by atoms with Crippen LogP contribution in [0.5, 0.6) is 0 Å². The number of aromatic nitrogens is 2. The van der Waals surface area contributed by atoms with Crippen LogP contribution in [0.1, 0.15) is 5.82 Å². The van der Waals surface area contributed by atoms with Crippen molar-refractivity contribution in [3.63, 3.8) is 0 Å². The van der Waals surface area contributed by atoms with E-state index in [2.05, 4.69) is 20.8 Å². The van der Waals surface area contributed by atoms with Gasteiger partial charge in [-0.15, -0.1) is 0 Å². The van der Waals surface area contributed by atoms with Gasteiger partial charge in [0.15, 0.2) is 5.82 Å². The highest BCUT2D eigenvalue weighted by Gasteiger charge is 2.04. The first-order valence-electron chi connectivity index (χ1n) is 2.97. The third kappa shape index (κ3) is 3.06. The quantitative estimate of drug-likeness (QED) is 0.685. The zero-order chi connectivity index (χ0) is 8.97. The predicted octanol–water partition coefficient (Wildman–Crippen LogP) is 1.67. The van der Waals surface area contributed by atoms with Crippen molar-refractivity contribution in [2.45, 2.75) is 13.2 Å². The van der Waals surface area contributed by atoms with Crippen LogP contribution in [-0.4, -0.2) is 16.6 Å². The first-order valence-corrected chi connectivity index (χ1v) is 3.35. The average molecular weight is 194 g/mol. The summed E-state index contributed by atoms with van der Waals surface area (Å²) in [5.41, 5.74) is 0. The van der Waals surface area contributed by atoms with E-state index in [1.54, 1.807) is 0 Å². The second-order valence-corrected chi connectivity index (χ2v) is 2.15. The van der Waals surface area contributed by atoms with Gasteiger partial charge < -0.3 is 4.74 Å². The maximum absolute atomic E-state index is 11.5. The molecular formula is C6H4ClF2N2O. The van der Waals surface area contributed by atoms with E-state index in [-0.39, 0.29) is 17.6 Å². The molecule has 0 aromatic carbocycles. The molecule has 0 fully saturated rings. The Morgan fingerprint density at radius 2 is 2.42 bits per heavy atom. The fraction of sp³-hybridized carbons (Fsp3) is 0.333. The first-order chi connectivity index (χ1) is 5.68. The molecule has 0 bridgehead atoms. The summed E-state index contributed by atoms with van der Waals surface area (Å²) >= 11 is 5.41. The van der Waals surface area contributed by atoms with Crippen LogP contribution >= 0.6 is 11.6 Å². The molecule has 0 saturated heterocycles. The average Bonchev–Trinajstić information content (AvgIpc) is 2.01. The van der Waals surface area contributed by atoms with E-state index < -0.39 is 6.61 Å². The Morgan fingerprint density at radius 1 is 1.67 bits per heavy atom. The van der Waals surface area contributed by atoms with Crippen molar-refractivity contribution >= 4 is 11.6 Å². The van der Waals surface area contributed by atoms with Gasteiger partial charge in [0.05, 0.1) is 0 Å². The van der Waals surface area contributed by atoms with Crippen LogP contribution in [-0.2, 0) is 11.3 Å². The fourth-order valence-electron chi connectivity index (χ4n) is 0.542. The summed E-state index contributed by atoms with van der Waals surface area (Å²) in [4.78, 5) is 7.19. The molecule has 0 aliphatic carbocycles. The van der Waals surface area contributed by atoms with Gasteiger partial charge in [0, 0.05) is 12.3 Å². The summed E-state index contributed by atoms with van der Waals surface area (Å²) in [5.74, 6) is 0.110. The monoisotopic (exact) mass is 193 g/mol. The Hall–Kier alpha value is -0.810. The molecule has 0 N–H and O–H groups in total. The third-order valence-corrected chi connectivity index (χ3v) is 1.16. The highest BCUT2D eigenvalue weighted by molar-refractivity contribution is 6.29. The lowest BCUT2D eigenvalue weighted by molar-refractivity contribution is -0.138. The van der Waals surface area contributed by atoms with Gasteiger partial charge in [0.2, 0.25) is 0 Å². The van der Waals surface area contributed by atoms with E-state index in [0.29, 0.717) is 0 Å². The van der Waals surface area contributed by atoms with Gasteiger partial charge in [-0.25, -0.2) is 9.97 Å². The van der Waals surface area contributed by atoms with E-state index in [4.69, 9.17) is 11.6 Å². The highest BCUT2D eigenvalue weighted by Crippen LogP contribution is 2.04. The predicted molar refractivity (Wildman–Crippen MR) is 36.7 cm³/mol. The number of rotatable bonds is 3. The van der Waals surface area contributed by atoms with Crippen molar-refractivity contribution < 1.29 is 13.5 Å². The molecule has 1 aromatic rings. The second kappa shape index (κ2) is 4.27. The van der Waals surface area contributed by atoms with Gasteiger partial charge in [-0.05, 0) is 0 Å². The molecule has 0 aliphatic rings. The minimum Gasteiger partial charge on any atom is -0.315 e. The molecule has 0 aliphatic heterocycles. The van der Waals surface area contributed by atoms with Gasteiger partial charge >= 0.3 is 6.61 Å². The second-order valence-electron chi connectivity index (χ2n) is 1.79. The van der Waals surface area contributed by atoms with E-state index in [1.165, 1.54) is 6.20 Å². The molecule has 65 valence electrons. The summed E-state index contributed by atoms with van der Waals surface area (Å²) in [6.45, 7) is -3.18. The Morgan fingerprint density at radius 3 is 3.00 bits per heavy atom. The van der Waals surface area contributed by atoms with Crippen LogP contribution in [0.25, 0.3) is 0 Å². The molecule has 0 atom stereocenters. The third-order valence-electron chi connectivity index (χ3n) is 0.963. The minimum absolute atomic E-state index is 0.0814. The largest absolute Gasteiger partial charge is 0.345 e. The molecule has 1 radical (unpaired) electrons. The molecule has 1 aromatic heterocycles. The van der Waals surface area contributed by atoms with Crippen LogP contribution in [0.15, 0.2) is 6.20 Å². The molecule has 0 saturated carbocycles. The van der Waals surface area contributed by atoms with Crippen molar-refractivity contribution in [3.8, 4) is 0 Å². The van der Waals surface area contributed by atoms with Crippen LogP contribution in [0, 0.1) is 6.07 Å². The number of hydrogen-bond donors (Lipinski definition) is 0. The molecule has 0 unspecified atom stereocenters. The van der Waals surface area contributed by atoms with Gasteiger partial charge in [-0.1, -0.05) is 11.6 Å². The summed E-state index contributed by atoms with van der Waals surface area (Å²) in [6, 6.07) is 2.46. The van der Waals surface area contributed by atoms with Gasteiger partial charge in [0.25, 0.3) is 0 Å².